The summed E-state index contributed by atoms with van der Waals surface area (Å²) in [5.41, 5.74) is 10.1. The third kappa shape index (κ3) is 5.09. The first-order valence-electron chi connectivity index (χ1n) is 5.91. The number of hydrogen-bond donors (Lipinski definition) is 1. The Bertz CT molecular complexity index is 409. The molecule has 0 spiro atoms. The van der Waals surface area contributed by atoms with Gasteiger partial charge in [0.15, 0.2) is 0 Å². The van der Waals surface area contributed by atoms with Gasteiger partial charge >= 0.3 is 0 Å². The molecule has 0 radical (unpaired) electrons. The Balaban J connectivity index is 0.00000121. The minimum atomic E-state index is 0.532. The van der Waals surface area contributed by atoms with Crippen molar-refractivity contribution in [3.63, 3.8) is 0 Å². The molecule has 0 aliphatic carbocycles. The number of benzene rings is 1. The third-order valence-electron chi connectivity index (χ3n) is 2.29. The van der Waals surface area contributed by atoms with Gasteiger partial charge in [-0.1, -0.05) is 32.1 Å². The molecule has 0 bridgehead atoms. The summed E-state index contributed by atoms with van der Waals surface area (Å²) in [6.45, 7) is 10.0. The van der Waals surface area contributed by atoms with Crippen molar-refractivity contribution in [2.45, 2.75) is 41.0 Å². The largest absolute Gasteiger partial charge is 0.393 e. The summed E-state index contributed by atoms with van der Waals surface area (Å²) in [7, 11) is 0. The Morgan fingerprint density at radius 3 is 2.35 bits per heavy atom. The molecule has 3 heteroatoms. The van der Waals surface area contributed by atoms with Crippen LogP contribution in [0.15, 0.2) is 17.1 Å². The van der Waals surface area contributed by atoms with Crippen LogP contribution in [0.4, 0.5) is 5.69 Å². The molecule has 17 heavy (non-hydrogen) atoms. The van der Waals surface area contributed by atoms with E-state index in [9.17, 15) is 0 Å². The molecule has 0 unspecified atom stereocenters. The summed E-state index contributed by atoms with van der Waals surface area (Å²) in [6.07, 6.45) is 2.47. The molecule has 0 aromatic heterocycles. The molecular weight excluding hydrogens is 228 g/mol. The molecule has 1 aromatic rings. The standard InChI is InChI=1S/C12H16N2S.C2H6/c1-4-14-11-6-8(2)10(5-9(11)3)7-12(13)15;1-2/h4-6H,7H2,1-3H3,(H2,13,15);1-2H3. The van der Waals surface area contributed by atoms with E-state index in [0.717, 1.165) is 11.3 Å². The van der Waals surface area contributed by atoms with Crippen molar-refractivity contribution in [3.05, 3.63) is 28.8 Å². The highest BCUT2D eigenvalue weighted by Gasteiger charge is 2.04. The summed E-state index contributed by atoms with van der Waals surface area (Å²) in [5, 5.41) is 0. The zero-order valence-corrected chi connectivity index (χ0v) is 12.2. The van der Waals surface area contributed by atoms with E-state index in [1.54, 1.807) is 6.21 Å². The Kier molecular flexibility index (Phi) is 7.39. The van der Waals surface area contributed by atoms with Crippen LogP contribution in [0.2, 0.25) is 0 Å². The van der Waals surface area contributed by atoms with Crippen LogP contribution in [0.1, 0.15) is 37.5 Å². The van der Waals surface area contributed by atoms with Crippen LogP contribution in [0, 0.1) is 13.8 Å². The minimum absolute atomic E-state index is 0.532. The molecule has 2 N–H and O–H groups in total. The fourth-order valence-corrected chi connectivity index (χ4v) is 1.67. The summed E-state index contributed by atoms with van der Waals surface area (Å²) in [5.74, 6) is 0. The summed E-state index contributed by atoms with van der Waals surface area (Å²) in [4.78, 5) is 4.83. The molecule has 0 aliphatic rings. The smallest absolute Gasteiger partial charge is 0.0771 e. The van der Waals surface area contributed by atoms with E-state index in [1.807, 2.05) is 27.7 Å². The first-order valence-corrected chi connectivity index (χ1v) is 6.32. The van der Waals surface area contributed by atoms with E-state index < -0.39 is 0 Å². The van der Waals surface area contributed by atoms with Gasteiger partial charge < -0.3 is 5.73 Å². The van der Waals surface area contributed by atoms with Gasteiger partial charge in [-0.25, -0.2) is 0 Å². The highest BCUT2D eigenvalue weighted by atomic mass is 32.1. The van der Waals surface area contributed by atoms with Crippen molar-refractivity contribution < 1.29 is 0 Å². The van der Waals surface area contributed by atoms with Gasteiger partial charge in [0.2, 0.25) is 0 Å². The lowest BCUT2D eigenvalue weighted by Gasteiger charge is -2.08. The molecule has 1 aromatic carbocycles. The van der Waals surface area contributed by atoms with Crippen LogP contribution >= 0.6 is 12.2 Å². The van der Waals surface area contributed by atoms with Crippen LogP contribution in [0.5, 0.6) is 0 Å². The highest BCUT2D eigenvalue weighted by molar-refractivity contribution is 7.80. The van der Waals surface area contributed by atoms with E-state index in [0.29, 0.717) is 11.4 Å². The predicted molar refractivity (Wildman–Crippen MR) is 81.6 cm³/mol. The average Bonchev–Trinajstić information content (AvgIpc) is 2.28. The maximum atomic E-state index is 5.54. The molecule has 0 heterocycles. The van der Waals surface area contributed by atoms with Crippen LogP contribution in [-0.4, -0.2) is 11.2 Å². The number of rotatable bonds is 3. The predicted octanol–water partition coefficient (Wildman–Crippen LogP) is 3.88. The van der Waals surface area contributed by atoms with E-state index in [-0.39, 0.29) is 0 Å². The van der Waals surface area contributed by atoms with Crippen LogP contribution in [0.25, 0.3) is 0 Å². The fourth-order valence-electron chi connectivity index (χ4n) is 1.52. The molecule has 0 atom stereocenters. The van der Waals surface area contributed by atoms with Crippen molar-refractivity contribution >= 4 is 29.1 Å². The summed E-state index contributed by atoms with van der Waals surface area (Å²) in [6, 6.07) is 4.18. The van der Waals surface area contributed by atoms with Crippen LogP contribution in [-0.2, 0) is 6.42 Å². The topological polar surface area (TPSA) is 38.4 Å². The van der Waals surface area contributed by atoms with E-state index in [1.165, 1.54) is 11.1 Å². The van der Waals surface area contributed by atoms with Crippen LogP contribution < -0.4 is 5.73 Å². The molecule has 0 fully saturated rings. The van der Waals surface area contributed by atoms with Gasteiger partial charge in [0, 0.05) is 12.6 Å². The summed E-state index contributed by atoms with van der Waals surface area (Å²) >= 11 is 4.91. The lowest BCUT2D eigenvalue weighted by molar-refractivity contribution is 1.22. The van der Waals surface area contributed by atoms with E-state index >= 15 is 0 Å². The molecule has 0 amide bonds. The second-order valence-electron chi connectivity index (χ2n) is 3.60. The van der Waals surface area contributed by atoms with E-state index in [2.05, 4.69) is 24.0 Å². The zero-order valence-electron chi connectivity index (χ0n) is 11.4. The second kappa shape index (κ2) is 7.96. The van der Waals surface area contributed by atoms with Gasteiger partial charge in [-0.15, -0.1) is 0 Å². The maximum Gasteiger partial charge on any atom is 0.0771 e. The second-order valence-corrected chi connectivity index (χ2v) is 4.12. The number of thiocarbonyl (C=S) groups is 1. The fraction of sp³-hybridized carbons (Fsp3) is 0.429. The Labute approximate surface area is 110 Å². The lowest BCUT2D eigenvalue weighted by atomic mass is 10.0. The lowest BCUT2D eigenvalue weighted by Crippen LogP contribution is -2.12. The molecule has 0 saturated heterocycles. The van der Waals surface area contributed by atoms with Gasteiger partial charge in [0.1, 0.15) is 0 Å². The molecule has 1 rings (SSSR count). The Morgan fingerprint density at radius 1 is 1.29 bits per heavy atom. The van der Waals surface area contributed by atoms with Crippen molar-refractivity contribution in [2.75, 3.05) is 0 Å². The summed E-state index contributed by atoms with van der Waals surface area (Å²) < 4.78 is 0. The number of hydrogen-bond acceptors (Lipinski definition) is 2. The Morgan fingerprint density at radius 2 is 1.88 bits per heavy atom. The van der Waals surface area contributed by atoms with Crippen molar-refractivity contribution in [3.8, 4) is 0 Å². The molecule has 2 nitrogen and oxygen atoms in total. The van der Waals surface area contributed by atoms with Gasteiger partial charge in [0.25, 0.3) is 0 Å². The van der Waals surface area contributed by atoms with Crippen molar-refractivity contribution in [1.29, 1.82) is 0 Å². The van der Waals surface area contributed by atoms with Crippen molar-refractivity contribution in [2.24, 2.45) is 10.7 Å². The van der Waals surface area contributed by atoms with E-state index in [4.69, 9.17) is 18.0 Å². The first kappa shape index (κ1) is 15.8. The monoisotopic (exact) mass is 250 g/mol. The maximum absolute atomic E-state index is 5.54. The SMILES string of the molecule is CC.CC=Nc1cc(C)c(CC(N)=S)cc1C. The third-order valence-corrected chi connectivity index (χ3v) is 2.43. The van der Waals surface area contributed by atoms with Crippen molar-refractivity contribution in [1.82, 2.24) is 0 Å². The number of nitrogens with zero attached hydrogens (tertiary/aromatic N) is 1. The van der Waals surface area contributed by atoms with Gasteiger partial charge in [-0.3, -0.25) is 4.99 Å². The van der Waals surface area contributed by atoms with Crippen LogP contribution in [0.3, 0.4) is 0 Å². The molecule has 94 valence electrons. The van der Waals surface area contributed by atoms with Gasteiger partial charge in [-0.05, 0) is 43.5 Å². The molecular formula is C14H22N2S. The first-order chi connectivity index (χ1) is 8.04. The highest BCUT2D eigenvalue weighted by Crippen LogP contribution is 2.23. The molecule has 0 aliphatic heterocycles. The van der Waals surface area contributed by atoms with Gasteiger partial charge in [-0.2, -0.15) is 0 Å². The quantitative estimate of drug-likeness (QED) is 0.653. The normalized spacial score (nSPS) is 9.94. The minimum Gasteiger partial charge on any atom is -0.393 e. The number of nitrogens with two attached hydrogens (primary N) is 1. The average molecular weight is 250 g/mol. The number of aliphatic imine (C=N–C) groups is 1. The molecule has 0 saturated carbocycles. The number of aryl methyl sites for hydroxylation is 2. The van der Waals surface area contributed by atoms with Gasteiger partial charge in [0.05, 0.1) is 10.7 Å². The Hall–Kier alpha value is -1.22. The zero-order chi connectivity index (χ0) is 13.4.